The second-order valence-corrected chi connectivity index (χ2v) is 7.73. The smallest absolute Gasteiger partial charge is 0.272 e. The molecular formula is C23H28N2O2. The van der Waals surface area contributed by atoms with E-state index in [0.29, 0.717) is 12.1 Å². The summed E-state index contributed by atoms with van der Waals surface area (Å²) in [6.07, 6.45) is 2.95. The van der Waals surface area contributed by atoms with Gasteiger partial charge in [-0.3, -0.25) is 9.69 Å². The Morgan fingerprint density at radius 3 is 2.33 bits per heavy atom. The number of likely N-dealkylation sites (tertiary alicyclic amines) is 1. The third-order valence-electron chi connectivity index (χ3n) is 5.93. The maximum atomic E-state index is 13.2. The molecule has 4 heteroatoms. The first kappa shape index (κ1) is 18.1. The summed E-state index contributed by atoms with van der Waals surface area (Å²) in [6, 6.07) is 18.9. The van der Waals surface area contributed by atoms with Gasteiger partial charge < -0.3 is 9.64 Å². The Morgan fingerprint density at radius 2 is 1.59 bits per heavy atom. The molecule has 1 amide bonds. The summed E-state index contributed by atoms with van der Waals surface area (Å²) in [5, 5.41) is 0. The minimum Gasteiger partial charge on any atom is -0.474 e. The molecule has 2 aliphatic heterocycles. The van der Waals surface area contributed by atoms with Gasteiger partial charge in [-0.25, -0.2) is 0 Å². The molecule has 142 valence electrons. The predicted molar refractivity (Wildman–Crippen MR) is 108 cm³/mol. The number of amides is 1. The van der Waals surface area contributed by atoms with Gasteiger partial charge >= 0.3 is 0 Å². The Morgan fingerprint density at radius 1 is 0.926 bits per heavy atom. The first-order chi connectivity index (χ1) is 13.1. The average molecular weight is 364 g/mol. The van der Waals surface area contributed by atoms with E-state index in [4.69, 9.17) is 4.74 Å². The molecule has 0 radical (unpaired) electrons. The van der Waals surface area contributed by atoms with E-state index in [1.165, 1.54) is 12.8 Å². The van der Waals surface area contributed by atoms with Crippen molar-refractivity contribution < 1.29 is 9.53 Å². The molecule has 1 fully saturated rings. The molecule has 0 aromatic heterocycles. The largest absolute Gasteiger partial charge is 0.474 e. The molecule has 27 heavy (non-hydrogen) atoms. The number of rotatable bonds is 5. The second-order valence-electron chi connectivity index (χ2n) is 7.73. The Labute approximate surface area is 161 Å². The van der Waals surface area contributed by atoms with E-state index < -0.39 is 6.10 Å². The zero-order valence-corrected chi connectivity index (χ0v) is 16.2. The normalized spacial score (nSPS) is 25.3. The Balaban J connectivity index is 1.52. The highest BCUT2D eigenvalue weighted by Gasteiger charge is 2.35. The molecule has 3 atom stereocenters. The highest BCUT2D eigenvalue weighted by molar-refractivity contribution is 6.00. The summed E-state index contributed by atoms with van der Waals surface area (Å²) in [6.45, 7) is 6.37. The van der Waals surface area contributed by atoms with E-state index in [9.17, 15) is 4.79 Å². The van der Waals surface area contributed by atoms with E-state index in [1.807, 2.05) is 59.5 Å². The molecule has 2 aliphatic rings. The van der Waals surface area contributed by atoms with Gasteiger partial charge in [-0.15, -0.1) is 0 Å². The fourth-order valence-electron chi connectivity index (χ4n) is 4.39. The van der Waals surface area contributed by atoms with Gasteiger partial charge in [-0.1, -0.05) is 42.5 Å². The topological polar surface area (TPSA) is 32.8 Å². The third kappa shape index (κ3) is 3.59. The predicted octanol–water partition coefficient (Wildman–Crippen LogP) is 4.42. The van der Waals surface area contributed by atoms with Crippen molar-refractivity contribution in [3.8, 4) is 5.75 Å². The molecule has 2 heterocycles. The molecule has 1 saturated heterocycles. The van der Waals surface area contributed by atoms with Gasteiger partial charge in [0.15, 0.2) is 0 Å². The quantitative estimate of drug-likeness (QED) is 0.787. The van der Waals surface area contributed by atoms with Gasteiger partial charge in [0, 0.05) is 30.7 Å². The number of carbonyl (C=O) groups excluding carboxylic acids is 1. The van der Waals surface area contributed by atoms with Crippen molar-refractivity contribution in [3.05, 3.63) is 60.2 Å². The fraction of sp³-hybridized carbons (Fsp3) is 0.435. The van der Waals surface area contributed by atoms with Crippen molar-refractivity contribution in [2.24, 2.45) is 0 Å². The zero-order valence-electron chi connectivity index (χ0n) is 16.2. The van der Waals surface area contributed by atoms with Crippen molar-refractivity contribution >= 4 is 11.6 Å². The summed E-state index contributed by atoms with van der Waals surface area (Å²) in [5.74, 6) is 0.816. The van der Waals surface area contributed by atoms with Gasteiger partial charge in [0.2, 0.25) is 6.10 Å². The lowest BCUT2D eigenvalue weighted by atomic mass is 10.1. The van der Waals surface area contributed by atoms with Crippen molar-refractivity contribution in [1.29, 1.82) is 0 Å². The third-order valence-corrected chi connectivity index (χ3v) is 5.93. The second kappa shape index (κ2) is 7.73. The number of para-hydroxylation sites is 2. The molecule has 0 bridgehead atoms. The molecule has 0 N–H and O–H groups in total. The van der Waals surface area contributed by atoms with Crippen LogP contribution in [0.25, 0.3) is 0 Å². The van der Waals surface area contributed by atoms with E-state index >= 15 is 0 Å². The van der Waals surface area contributed by atoms with E-state index in [-0.39, 0.29) is 5.91 Å². The van der Waals surface area contributed by atoms with Crippen LogP contribution in [-0.4, -0.2) is 36.0 Å². The lowest BCUT2D eigenvalue weighted by molar-refractivity contribution is -0.126. The Kier molecular flexibility index (Phi) is 5.17. The van der Waals surface area contributed by atoms with Crippen LogP contribution in [0.5, 0.6) is 5.75 Å². The molecule has 0 aliphatic carbocycles. The van der Waals surface area contributed by atoms with E-state index in [2.05, 4.69) is 18.7 Å². The van der Waals surface area contributed by atoms with Crippen LogP contribution in [0, 0.1) is 0 Å². The van der Waals surface area contributed by atoms with Crippen LogP contribution in [0.1, 0.15) is 44.8 Å². The number of fused-ring (bicyclic) bond motifs is 1. The highest BCUT2D eigenvalue weighted by Crippen LogP contribution is 2.38. The summed E-state index contributed by atoms with van der Waals surface area (Å²) >= 11 is 0. The number of benzene rings is 2. The average Bonchev–Trinajstić information content (AvgIpc) is 3.02. The summed E-state index contributed by atoms with van der Waals surface area (Å²) < 4.78 is 6.07. The van der Waals surface area contributed by atoms with E-state index in [0.717, 1.165) is 36.5 Å². The van der Waals surface area contributed by atoms with Gasteiger partial charge in [0.25, 0.3) is 5.91 Å². The summed E-state index contributed by atoms with van der Waals surface area (Å²) in [7, 11) is 0. The van der Waals surface area contributed by atoms with Crippen LogP contribution in [-0.2, 0) is 4.79 Å². The standard InChI is InChI=1S/C23H28N2O2/c1-17-13-14-18(2)24(17)15-8-16-25-20-11-6-7-12-21(20)27-22(23(25)26)19-9-4-3-5-10-19/h3-7,9-12,17-18,22H,8,13-16H2,1-2H3. The Hall–Kier alpha value is -2.33. The highest BCUT2D eigenvalue weighted by atomic mass is 16.5. The molecule has 2 aromatic rings. The van der Waals surface area contributed by atoms with Crippen molar-refractivity contribution in [3.63, 3.8) is 0 Å². The SMILES string of the molecule is CC1CCC(C)N1CCCN1C(=O)C(c2ccccc2)Oc2ccccc21. The molecule has 4 rings (SSSR count). The fourth-order valence-corrected chi connectivity index (χ4v) is 4.39. The number of nitrogens with zero attached hydrogens (tertiary/aromatic N) is 2. The summed E-state index contributed by atoms with van der Waals surface area (Å²) in [4.78, 5) is 17.7. The van der Waals surface area contributed by atoms with Crippen LogP contribution >= 0.6 is 0 Å². The monoisotopic (exact) mass is 364 g/mol. The molecule has 4 nitrogen and oxygen atoms in total. The minimum absolute atomic E-state index is 0.0300. The number of carbonyl (C=O) groups is 1. The zero-order chi connectivity index (χ0) is 18.8. The number of ether oxygens (including phenoxy) is 1. The van der Waals surface area contributed by atoms with Gasteiger partial charge in [0.05, 0.1) is 5.69 Å². The van der Waals surface area contributed by atoms with Crippen LogP contribution in [0.3, 0.4) is 0 Å². The van der Waals surface area contributed by atoms with Crippen LogP contribution < -0.4 is 9.64 Å². The van der Waals surface area contributed by atoms with Crippen molar-refractivity contribution in [2.75, 3.05) is 18.0 Å². The van der Waals surface area contributed by atoms with Crippen molar-refractivity contribution in [2.45, 2.75) is 51.3 Å². The molecule has 3 unspecified atom stereocenters. The number of hydrogen-bond acceptors (Lipinski definition) is 3. The maximum absolute atomic E-state index is 13.2. The molecule has 0 saturated carbocycles. The first-order valence-electron chi connectivity index (χ1n) is 10.0. The maximum Gasteiger partial charge on any atom is 0.272 e. The summed E-state index contributed by atoms with van der Waals surface area (Å²) in [5.41, 5.74) is 1.79. The first-order valence-corrected chi connectivity index (χ1v) is 10.0. The lowest BCUT2D eigenvalue weighted by Gasteiger charge is -2.35. The van der Waals surface area contributed by atoms with Gasteiger partial charge in [-0.05, 0) is 45.2 Å². The van der Waals surface area contributed by atoms with Crippen molar-refractivity contribution in [1.82, 2.24) is 4.90 Å². The number of anilines is 1. The molecular weight excluding hydrogens is 336 g/mol. The number of hydrogen-bond donors (Lipinski definition) is 0. The van der Waals surface area contributed by atoms with Crippen LogP contribution in [0.15, 0.2) is 54.6 Å². The van der Waals surface area contributed by atoms with Gasteiger partial charge in [-0.2, -0.15) is 0 Å². The molecule has 0 spiro atoms. The Bertz CT molecular complexity index is 782. The minimum atomic E-state index is -0.564. The van der Waals surface area contributed by atoms with Gasteiger partial charge in [0.1, 0.15) is 5.75 Å². The molecule has 2 aromatic carbocycles. The van der Waals surface area contributed by atoms with Crippen LogP contribution in [0.2, 0.25) is 0 Å². The van der Waals surface area contributed by atoms with E-state index in [1.54, 1.807) is 0 Å². The lowest BCUT2D eigenvalue weighted by Crippen LogP contribution is -2.43. The van der Waals surface area contributed by atoms with Crippen LogP contribution in [0.4, 0.5) is 5.69 Å².